The molecule has 1 fully saturated rings. The van der Waals surface area contributed by atoms with Crippen LogP contribution in [0.15, 0.2) is 0 Å². The van der Waals surface area contributed by atoms with Crippen LogP contribution in [0.4, 0.5) is 0 Å². The third-order valence-electron chi connectivity index (χ3n) is 4.80. The van der Waals surface area contributed by atoms with E-state index >= 15 is 0 Å². The topological polar surface area (TPSA) is 21.3 Å². The first-order chi connectivity index (χ1) is 10.4. The fourth-order valence-corrected chi connectivity index (χ4v) is 3.30. The minimum atomic E-state index is 0.867. The number of hydrogen-bond donors (Lipinski definition) is 1. The second kappa shape index (κ2) is 14.8. The molecule has 0 aliphatic heterocycles. The molecule has 2 heteroatoms. The van der Waals surface area contributed by atoms with E-state index in [2.05, 4.69) is 12.4 Å². The molecule has 1 aliphatic rings. The fourth-order valence-electron chi connectivity index (χ4n) is 3.30. The van der Waals surface area contributed by atoms with Crippen molar-refractivity contribution in [2.45, 2.75) is 103 Å². The first kappa shape index (κ1) is 19.0. The van der Waals surface area contributed by atoms with E-state index < -0.39 is 0 Å². The third-order valence-corrected chi connectivity index (χ3v) is 4.80. The van der Waals surface area contributed by atoms with Crippen molar-refractivity contribution >= 4 is 0 Å². The van der Waals surface area contributed by atoms with E-state index in [1.807, 2.05) is 0 Å². The fraction of sp³-hybridized carbons (Fsp3) is 1.00. The summed E-state index contributed by atoms with van der Waals surface area (Å²) < 4.78 is 0. The normalized spacial score (nSPS) is 16.4. The summed E-state index contributed by atoms with van der Waals surface area (Å²) in [5.74, 6) is 0.867. The van der Waals surface area contributed by atoms with Crippen LogP contribution in [-0.4, -0.2) is 13.2 Å². The van der Waals surface area contributed by atoms with Gasteiger partial charge in [-0.1, -0.05) is 84.0 Å². The summed E-state index contributed by atoms with van der Waals surface area (Å²) >= 11 is 0. The Hall–Kier alpha value is -0.0800. The van der Waals surface area contributed by atoms with Crippen molar-refractivity contribution in [3.63, 3.8) is 0 Å². The Morgan fingerprint density at radius 2 is 1.33 bits per heavy atom. The van der Waals surface area contributed by atoms with Gasteiger partial charge in [-0.2, -0.15) is 0 Å². The van der Waals surface area contributed by atoms with E-state index in [-0.39, 0.29) is 0 Å². The van der Waals surface area contributed by atoms with E-state index in [9.17, 15) is 0 Å². The molecule has 0 aromatic rings. The van der Waals surface area contributed by atoms with Gasteiger partial charge < -0.3 is 4.84 Å². The van der Waals surface area contributed by atoms with Gasteiger partial charge in [-0.25, -0.2) is 5.48 Å². The Labute approximate surface area is 133 Å². The largest absolute Gasteiger partial charge is 0.302 e. The third kappa shape index (κ3) is 12.2. The zero-order valence-corrected chi connectivity index (χ0v) is 14.5. The van der Waals surface area contributed by atoms with E-state index in [1.54, 1.807) is 0 Å². The van der Waals surface area contributed by atoms with Crippen LogP contribution in [0.3, 0.4) is 0 Å². The summed E-state index contributed by atoms with van der Waals surface area (Å²) in [6.45, 7) is 4.24. The van der Waals surface area contributed by atoms with Crippen molar-refractivity contribution in [3.05, 3.63) is 0 Å². The Morgan fingerprint density at radius 1 is 0.762 bits per heavy atom. The average molecular weight is 298 g/mol. The van der Waals surface area contributed by atoms with Gasteiger partial charge in [0.25, 0.3) is 0 Å². The Bertz CT molecular complexity index is 202. The zero-order chi connectivity index (χ0) is 15.0. The highest BCUT2D eigenvalue weighted by Gasteiger charge is 2.12. The quantitative estimate of drug-likeness (QED) is 0.313. The number of hydrogen-bond acceptors (Lipinski definition) is 2. The maximum Gasteiger partial charge on any atom is 0.0682 e. The van der Waals surface area contributed by atoms with Gasteiger partial charge in [0.15, 0.2) is 0 Å². The molecular weight excluding hydrogens is 258 g/mol. The predicted molar refractivity (Wildman–Crippen MR) is 92.4 cm³/mol. The monoisotopic (exact) mass is 297 g/mol. The molecule has 0 atom stereocenters. The molecular formula is C19H39NO. The molecule has 126 valence electrons. The highest BCUT2D eigenvalue weighted by Crippen LogP contribution is 2.22. The summed E-state index contributed by atoms with van der Waals surface area (Å²) in [5.41, 5.74) is 3.19. The van der Waals surface area contributed by atoms with Gasteiger partial charge in [-0.3, -0.25) is 0 Å². The van der Waals surface area contributed by atoms with Gasteiger partial charge in [-0.05, 0) is 25.2 Å². The lowest BCUT2D eigenvalue weighted by atomic mass is 9.89. The molecule has 0 aromatic carbocycles. The molecule has 0 radical (unpaired) electrons. The second-order valence-electron chi connectivity index (χ2n) is 6.88. The van der Waals surface area contributed by atoms with Crippen LogP contribution in [0, 0.1) is 5.92 Å². The minimum absolute atomic E-state index is 0.867. The molecule has 0 unspecified atom stereocenters. The number of unbranched alkanes of at least 4 members (excludes halogenated alkanes) is 9. The van der Waals surface area contributed by atoms with Gasteiger partial charge in [0.2, 0.25) is 0 Å². The lowest BCUT2D eigenvalue weighted by Gasteiger charge is -2.21. The van der Waals surface area contributed by atoms with Crippen LogP contribution in [0.5, 0.6) is 0 Å². The second-order valence-corrected chi connectivity index (χ2v) is 6.88. The Kier molecular flexibility index (Phi) is 13.4. The van der Waals surface area contributed by atoms with Gasteiger partial charge in [0.05, 0.1) is 6.61 Å². The van der Waals surface area contributed by atoms with E-state index in [0.29, 0.717) is 0 Å². The summed E-state index contributed by atoms with van der Waals surface area (Å²) in [5, 5.41) is 0. The van der Waals surface area contributed by atoms with Gasteiger partial charge >= 0.3 is 0 Å². The molecule has 21 heavy (non-hydrogen) atoms. The number of hydroxylamine groups is 1. The maximum absolute atomic E-state index is 5.56. The maximum atomic E-state index is 5.56. The van der Waals surface area contributed by atoms with Crippen LogP contribution in [0.1, 0.15) is 103 Å². The smallest absolute Gasteiger partial charge is 0.0682 e. The highest BCUT2D eigenvalue weighted by atomic mass is 16.6. The summed E-state index contributed by atoms with van der Waals surface area (Å²) in [6.07, 6.45) is 21.0. The predicted octanol–water partition coefficient (Wildman–Crippen LogP) is 6.01. The van der Waals surface area contributed by atoms with Crippen molar-refractivity contribution in [1.29, 1.82) is 0 Å². The van der Waals surface area contributed by atoms with Crippen LogP contribution >= 0.6 is 0 Å². The van der Waals surface area contributed by atoms with Crippen LogP contribution in [-0.2, 0) is 4.84 Å². The molecule has 1 rings (SSSR count). The average Bonchev–Trinajstić information content (AvgIpc) is 2.53. The molecule has 0 heterocycles. The summed E-state index contributed by atoms with van der Waals surface area (Å²) in [4.78, 5) is 5.56. The van der Waals surface area contributed by atoms with Crippen LogP contribution < -0.4 is 5.48 Å². The SMILES string of the molecule is CCCCCCCCCCCCONCC1CCCCC1. The van der Waals surface area contributed by atoms with Crippen LogP contribution in [0.2, 0.25) is 0 Å². The summed E-state index contributed by atoms with van der Waals surface area (Å²) in [6, 6.07) is 0. The molecule has 0 aromatic heterocycles. The number of nitrogens with one attached hydrogen (secondary N) is 1. The lowest BCUT2D eigenvalue weighted by molar-refractivity contribution is 0.0265. The standard InChI is InChI=1S/C19H39NO/c1-2-3-4-5-6-7-8-9-10-14-17-21-20-18-19-15-12-11-13-16-19/h19-20H,2-18H2,1H3. The molecule has 2 nitrogen and oxygen atoms in total. The van der Waals surface area contributed by atoms with Crippen molar-refractivity contribution in [3.8, 4) is 0 Å². The van der Waals surface area contributed by atoms with Gasteiger partial charge in [0, 0.05) is 6.54 Å². The van der Waals surface area contributed by atoms with E-state index in [4.69, 9.17) is 4.84 Å². The van der Waals surface area contributed by atoms with Crippen LogP contribution in [0.25, 0.3) is 0 Å². The highest BCUT2D eigenvalue weighted by molar-refractivity contribution is 4.65. The number of rotatable bonds is 14. The molecule has 1 saturated carbocycles. The van der Waals surface area contributed by atoms with Crippen molar-refractivity contribution < 1.29 is 4.84 Å². The minimum Gasteiger partial charge on any atom is -0.302 e. The van der Waals surface area contributed by atoms with E-state index in [0.717, 1.165) is 19.1 Å². The van der Waals surface area contributed by atoms with Crippen molar-refractivity contribution in [1.82, 2.24) is 5.48 Å². The molecule has 1 N–H and O–H groups in total. The first-order valence-corrected chi connectivity index (χ1v) is 9.78. The molecule has 1 aliphatic carbocycles. The molecule has 0 amide bonds. The molecule has 0 spiro atoms. The van der Waals surface area contributed by atoms with Gasteiger partial charge in [-0.15, -0.1) is 0 Å². The van der Waals surface area contributed by atoms with Crippen molar-refractivity contribution in [2.75, 3.05) is 13.2 Å². The Balaban J connectivity index is 1.69. The summed E-state index contributed by atoms with van der Waals surface area (Å²) in [7, 11) is 0. The van der Waals surface area contributed by atoms with E-state index in [1.165, 1.54) is 96.3 Å². The lowest BCUT2D eigenvalue weighted by Crippen LogP contribution is -2.25. The molecule has 0 saturated heterocycles. The van der Waals surface area contributed by atoms with Gasteiger partial charge in [0.1, 0.15) is 0 Å². The Morgan fingerprint density at radius 3 is 1.95 bits per heavy atom. The first-order valence-electron chi connectivity index (χ1n) is 9.78. The van der Waals surface area contributed by atoms with Crippen molar-refractivity contribution in [2.24, 2.45) is 5.92 Å². The molecule has 0 bridgehead atoms. The zero-order valence-electron chi connectivity index (χ0n) is 14.5.